The van der Waals surface area contributed by atoms with Crippen LogP contribution in [0.4, 0.5) is 5.69 Å². The predicted octanol–water partition coefficient (Wildman–Crippen LogP) is 2.87. The van der Waals surface area contributed by atoms with Crippen molar-refractivity contribution in [2.75, 3.05) is 5.32 Å². The Hall–Kier alpha value is -2.34. The van der Waals surface area contributed by atoms with Crippen molar-refractivity contribution >= 4 is 5.69 Å². The second-order valence-electron chi connectivity index (χ2n) is 3.82. The third kappa shape index (κ3) is 2.82. The fraction of sp³-hybridized carbons (Fsp3) is 0.143. The van der Waals surface area contributed by atoms with Crippen LogP contribution in [0.1, 0.15) is 16.8 Å². The third-order valence-corrected chi connectivity index (χ3v) is 2.55. The van der Waals surface area contributed by atoms with Gasteiger partial charge in [-0.25, -0.2) is 0 Å². The van der Waals surface area contributed by atoms with E-state index in [1.807, 2.05) is 43.3 Å². The quantitative estimate of drug-likeness (QED) is 0.870. The van der Waals surface area contributed by atoms with E-state index >= 15 is 0 Å². The van der Waals surface area contributed by atoms with Gasteiger partial charge in [-0.3, -0.25) is 4.98 Å². The van der Waals surface area contributed by atoms with Crippen molar-refractivity contribution in [2.24, 2.45) is 0 Å². The van der Waals surface area contributed by atoms with Crippen LogP contribution in [-0.4, -0.2) is 4.98 Å². The molecule has 0 aliphatic carbocycles. The first-order chi connectivity index (χ1) is 8.29. The summed E-state index contributed by atoms with van der Waals surface area (Å²) in [5, 5.41) is 12.1. The molecule has 1 heterocycles. The zero-order valence-corrected chi connectivity index (χ0v) is 9.64. The molecular formula is C14H13N3. The van der Waals surface area contributed by atoms with E-state index in [4.69, 9.17) is 5.26 Å². The molecule has 3 heteroatoms. The van der Waals surface area contributed by atoms with Gasteiger partial charge in [-0.05, 0) is 36.8 Å². The first kappa shape index (κ1) is 11.2. The summed E-state index contributed by atoms with van der Waals surface area (Å²) in [7, 11) is 0. The van der Waals surface area contributed by atoms with Crippen LogP contribution in [0.25, 0.3) is 0 Å². The van der Waals surface area contributed by atoms with Crippen molar-refractivity contribution in [1.29, 1.82) is 5.26 Å². The van der Waals surface area contributed by atoms with E-state index < -0.39 is 0 Å². The van der Waals surface area contributed by atoms with Crippen molar-refractivity contribution in [3.63, 3.8) is 0 Å². The molecule has 0 fully saturated rings. The molecule has 3 nitrogen and oxygen atoms in total. The second kappa shape index (κ2) is 5.13. The number of anilines is 1. The molecule has 17 heavy (non-hydrogen) atoms. The predicted molar refractivity (Wildman–Crippen MR) is 67.5 cm³/mol. The molecule has 0 saturated heterocycles. The highest BCUT2D eigenvalue weighted by Gasteiger charge is 2.00. The van der Waals surface area contributed by atoms with E-state index in [2.05, 4.69) is 16.4 Å². The second-order valence-corrected chi connectivity index (χ2v) is 3.82. The Bertz CT molecular complexity index is 541. The van der Waals surface area contributed by atoms with Crippen LogP contribution >= 0.6 is 0 Å². The van der Waals surface area contributed by atoms with Gasteiger partial charge in [0, 0.05) is 11.9 Å². The lowest BCUT2D eigenvalue weighted by Crippen LogP contribution is -2.02. The maximum Gasteiger partial charge on any atom is 0.0992 e. The molecule has 0 unspecified atom stereocenters. The normalized spacial score (nSPS) is 9.65. The molecule has 0 spiro atoms. The van der Waals surface area contributed by atoms with Gasteiger partial charge in [-0.15, -0.1) is 0 Å². The van der Waals surface area contributed by atoms with Crippen molar-refractivity contribution in [2.45, 2.75) is 13.5 Å². The van der Waals surface area contributed by atoms with Crippen LogP contribution in [0.3, 0.4) is 0 Å². The molecule has 0 radical (unpaired) electrons. The van der Waals surface area contributed by atoms with Gasteiger partial charge >= 0.3 is 0 Å². The number of nitriles is 1. The van der Waals surface area contributed by atoms with Crippen molar-refractivity contribution in [3.8, 4) is 6.07 Å². The molecule has 0 atom stereocenters. The molecule has 2 rings (SSSR count). The molecule has 2 aromatic rings. The maximum atomic E-state index is 8.85. The largest absolute Gasteiger partial charge is 0.379 e. The van der Waals surface area contributed by atoms with Gasteiger partial charge in [0.15, 0.2) is 0 Å². The summed E-state index contributed by atoms with van der Waals surface area (Å²) in [6.45, 7) is 2.68. The average Bonchev–Trinajstić information content (AvgIpc) is 2.39. The number of rotatable bonds is 3. The highest BCUT2D eigenvalue weighted by atomic mass is 14.9. The lowest BCUT2D eigenvalue weighted by Gasteiger charge is -2.09. The number of aromatic nitrogens is 1. The number of nitrogens with one attached hydrogen (secondary N) is 1. The molecule has 1 aromatic carbocycles. The lowest BCUT2D eigenvalue weighted by atomic mass is 10.1. The van der Waals surface area contributed by atoms with Crippen molar-refractivity contribution in [3.05, 3.63) is 59.4 Å². The SMILES string of the molecule is Cc1ccc(C#N)cc1NCc1ccccn1. The number of benzene rings is 1. The standard InChI is InChI=1S/C14H13N3/c1-11-5-6-12(9-15)8-14(11)17-10-13-4-2-3-7-16-13/h2-8,17H,10H2,1H3. The molecule has 1 N–H and O–H groups in total. The summed E-state index contributed by atoms with van der Waals surface area (Å²) < 4.78 is 0. The molecule has 0 saturated carbocycles. The van der Waals surface area contributed by atoms with Gasteiger partial charge < -0.3 is 5.32 Å². The number of aryl methyl sites for hydroxylation is 1. The number of pyridine rings is 1. The van der Waals surface area contributed by atoms with Crippen LogP contribution in [0.5, 0.6) is 0 Å². The molecule has 0 aliphatic rings. The molecule has 1 aromatic heterocycles. The summed E-state index contributed by atoms with van der Waals surface area (Å²) >= 11 is 0. The highest BCUT2D eigenvalue weighted by molar-refractivity contribution is 5.55. The molecule has 0 bridgehead atoms. The van der Waals surface area contributed by atoms with E-state index in [0.717, 1.165) is 16.9 Å². The molecule has 0 amide bonds. The minimum Gasteiger partial charge on any atom is -0.379 e. The Labute approximate surface area is 101 Å². The minimum absolute atomic E-state index is 0.663. The van der Waals surface area contributed by atoms with Gasteiger partial charge in [0.1, 0.15) is 0 Å². The fourth-order valence-electron chi connectivity index (χ4n) is 1.57. The molecular weight excluding hydrogens is 210 g/mol. The van der Waals surface area contributed by atoms with Gasteiger partial charge in [-0.2, -0.15) is 5.26 Å². The average molecular weight is 223 g/mol. The van der Waals surface area contributed by atoms with Crippen molar-refractivity contribution in [1.82, 2.24) is 4.98 Å². The zero-order chi connectivity index (χ0) is 12.1. The van der Waals surface area contributed by atoms with Crippen molar-refractivity contribution < 1.29 is 0 Å². The van der Waals surface area contributed by atoms with Gasteiger partial charge in [0.25, 0.3) is 0 Å². The highest BCUT2D eigenvalue weighted by Crippen LogP contribution is 2.17. The smallest absolute Gasteiger partial charge is 0.0992 e. The molecule has 0 aliphatic heterocycles. The summed E-state index contributed by atoms with van der Waals surface area (Å²) in [5.74, 6) is 0. The third-order valence-electron chi connectivity index (χ3n) is 2.55. The number of hydrogen-bond donors (Lipinski definition) is 1. The summed E-state index contributed by atoms with van der Waals surface area (Å²) in [4.78, 5) is 4.24. The van der Waals surface area contributed by atoms with E-state index in [9.17, 15) is 0 Å². The Morgan fingerprint density at radius 1 is 1.29 bits per heavy atom. The maximum absolute atomic E-state index is 8.85. The lowest BCUT2D eigenvalue weighted by molar-refractivity contribution is 1.04. The summed E-state index contributed by atoms with van der Waals surface area (Å²) in [6.07, 6.45) is 1.77. The molecule has 84 valence electrons. The Balaban J connectivity index is 2.12. The fourth-order valence-corrected chi connectivity index (χ4v) is 1.57. The summed E-state index contributed by atoms with van der Waals surface area (Å²) in [5.41, 5.74) is 3.75. The van der Waals surface area contributed by atoms with E-state index in [1.165, 1.54) is 0 Å². The van der Waals surface area contributed by atoms with E-state index in [-0.39, 0.29) is 0 Å². The number of hydrogen-bond acceptors (Lipinski definition) is 3. The minimum atomic E-state index is 0.663. The van der Waals surface area contributed by atoms with Gasteiger partial charge in [0.2, 0.25) is 0 Å². The Morgan fingerprint density at radius 2 is 2.18 bits per heavy atom. The monoisotopic (exact) mass is 223 g/mol. The first-order valence-electron chi connectivity index (χ1n) is 5.44. The van der Waals surface area contributed by atoms with Crippen LogP contribution in [0.15, 0.2) is 42.6 Å². The Morgan fingerprint density at radius 3 is 2.88 bits per heavy atom. The number of nitrogens with zero attached hydrogens (tertiary/aromatic N) is 2. The first-order valence-corrected chi connectivity index (χ1v) is 5.44. The zero-order valence-electron chi connectivity index (χ0n) is 9.64. The van der Waals surface area contributed by atoms with Crippen LogP contribution < -0.4 is 5.32 Å². The van der Waals surface area contributed by atoms with E-state index in [0.29, 0.717) is 12.1 Å². The van der Waals surface area contributed by atoms with Gasteiger partial charge in [0.05, 0.1) is 23.9 Å². The van der Waals surface area contributed by atoms with Crippen LogP contribution in [0.2, 0.25) is 0 Å². The van der Waals surface area contributed by atoms with Crippen LogP contribution in [-0.2, 0) is 6.54 Å². The van der Waals surface area contributed by atoms with E-state index in [1.54, 1.807) is 6.20 Å². The topological polar surface area (TPSA) is 48.7 Å². The van der Waals surface area contributed by atoms with Gasteiger partial charge in [-0.1, -0.05) is 12.1 Å². The van der Waals surface area contributed by atoms with Crippen LogP contribution in [0, 0.1) is 18.3 Å². The Kier molecular flexibility index (Phi) is 3.37. The summed E-state index contributed by atoms with van der Waals surface area (Å²) in [6, 6.07) is 13.6.